The highest BCUT2D eigenvalue weighted by atomic mass is 32.1. The van der Waals surface area contributed by atoms with Crippen molar-refractivity contribution in [2.45, 2.75) is 40.0 Å². The molecule has 1 amide bonds. The van der Waals surface area contributed by atoms with E-state index < -0.39 is 0 Å². The number of benzene rings is 1. The fourth-order valence-corrected chi connectivity index (χ4v) is 3.20. The lowest BCUT2D eigenvalue weighted by molar-refractivity contribution is -0.114. The average Bonchev–Trinajstić information content (AvgIpc) is 2.99. The summed E-state index contributed by atoms with van der Waals surface area (Å²) in [6, 6.07) is 8.22. The van der Waals surface area contributed by atoms with Gasteiger partial charge in [-0.15, -0.1) is 11.3 Å². The van der Waals surface area contributed by atoms with Gasteiger partial charge in [0.1, 0.15) is 11.7 Å². The first kappa shape index (κ1) is 20.4. The van der Waals surface area contributed by atoms with Crippen molar-refractivity contribution in [3.8, 4) is 0 Å². The first-order valence-electron chi connectivity index (χ1n) is 8.55. The Morgan fingerprint density at radius 1 is 1.15 bits per heavy atom. The van der Waals surface area contributed by atoms with E-state index in [1.807, 2.05) is 17.5 Å². The van der Waals surface area contributed by atoms with Crippen LogP contribution in [0.3, 0.4) is 0 Å². The lowest BCUT2D eigenvalue weighted by Gasteiger charge is -2.05. The predicted molar refractivity (Wildman–Crippen MR) is 112 cm³/mol. The molecule has 1 aromatic heterocycles. The molecule has 7 nitrogen and oxygen atoms in total. The average molecular weight is 385 g/mol. The number of amidine groups is 3. The van der Waals surface area contributed by atoms with Gasteiger partial charge in [0.05, 0.1) is 11.5 Å². The highest BCUT2D eigenvalue weighted by molar-refractivity contribution is 7.13. The minimum Gasteiger partial charge on any atom is -0.387 e. The van der Waals surface area contributed by atoms with Crippen molar-refractivity contribution in [3.05, 3.63) is 46.5 Å². The molecular weight excluding hydrogens is 360 g/mol. The second-order valence-corrected chi connectivity index (χ2v) is 7.04. The highest BCUT2D eigenvalue weighted by Gasteiger charge is 2.05. The summed E-state index contributed by atoms with van der Waals surface area (Å²) in [5, 5.41) is 12.8. The first-order chi connectivity index (χ1) is 12.8. The van der Waals surface area contributed by atoms with Crippen molar-refractivity contribution in [1.29, 1.82) is 5.41 Å². The maximum absolute atomic E-state index is 11.0. The van der Waals surface area contributed by atoms with E-state index in [1.165, 1.54) is 23.8 Å². The number of carbonyl (C=O) groups excluding carboxylic acids is 1. The quantitative estimate of drug-likeness (QED) is 0.524. The van der Waals surface area contributed by atoms with Gasteiger partial charge < -0.3 is 11.1 Å². The number of aliphatic imine (C=N–C) groups is 2. The zero-order valence-corrected chi connectivity index (χ0v) is 16.6. The molecule has 142 valence electrons. The standard InChI is InChI=1S/C19H24N6OS/c1-12(20)22-18(23-13(2)21)10-16-6-4-15(5-7-16)8-9-17-11-27-19(25-17)24-14(3)26/h4-7,11H,8-10H2,1-3H3,(H,24,25,26)(H3,20,21,22,23). The Kier molecular flexibility index (Phi) is 7.36. The number of hydrogen-bond donors (Lipinski definition) is 3. The molecule has 8 heteroatoms. The maximum Gasteiger partial charge on any atom is 0.223 e. The number of rotatable bonds is 6. The molecule has 0 spiro atoms. The van der Waals surface area contributed by atoms with Crippen LogP contribution in [0.4, 0.5) is 5.13 Å². The molecule has 1 aromatic carbocycles. The fourth-order valence-electron chi connectivity index (χ4n) is 2.41. The molecule has 0 unspecified atom stereocenters. The number of nitrogens with zero attached hydrogens (tertiary/aromatic N) is 3. The van der Waals surface area contributed by atoms with Crippen LogP contribution in [0.2, 0.25) is 0 Å². The largest absolute Gasteiger partial charge is 0.387 e. The van der Waals surface area contributed by atoms with Crippen molar-refractivity contribution in [1.82, 2.24) is 4.98 Å². The number of aryl methyl sites for hydroxylation is 2. The molecule has 0 saturated carbocycles. The molecule has 0 aliphatic rings. The second kappa shape index (κ2) is 9.72. The van der Waals surface area contributed by atoms with Crippen LogP contribution in [0, 0.1) is 5.41 Å². The summed E-state index contributed by atoms with van der Waals surface area (Å²) in [5.74, 6) is 1.05. The molecule has 0 fully saturated rings. The van der Waals surface area contributed by atoms with Gasteiger partial charge in [0.25, 0.3) is 0 Å². The Morgan fingerprint density at radius 3 is 2.41 bits per heavy atom. The zero-order chi connectivity index (χ0) is 19.8. The van der Waals surface area contributed by atoms with Crippen molar-refractivity contribution in [2.24, 2.45) is 15.7 Å². The Balaban J connectivity index is 1.96. The number of nitrogens with two attached hydrogens (primary N) is 1. The van der Waals surface area contributed by atoms with Crippen LogP contribution in [0.25, 0.3) is 0 Å². The van der Waals surface area contributed by atoms with Gasteiger partial charge in [-0.05, 0) is 37.8 Å². The van der Waals surface area contributed by atoms with Gasteiger partial charge in [-0.1, -0.05) is 24.3 Å². The lowest BCUT2D eigenvalue weighted by atomic mass is 10.0. The summed E-state index contributed by atoms with van der Waals surface area (Å²) in [6.07, 6.45) is 2.20. The number of thiazole rings is 1. The Morgan fingerprint density at radius 2 is 1.81 bits per heavy atom. The third-order valence-corrected chi connectivity index (χ3v) is 4.30. The van der Waals surface area contributed by atoms with Crippen LogP contribution < -0.4 is 11.1 Å². The summed E-state index contributed by atoms with van der Waals surface area (Å²) in [4.78, 5) is 23.8. The van der Waals surface area contributed by atoms with Gasteiger partial charge in [0.15, 0.2) is 5.13 Å². The molecule has 0 saturated heterocycles. The van der Waals surface area contributed by atoms with E-state index in [2.05, 4.69) is 32.4 Å². The number of aromatic nitrogens is 1. The molecule has 0 atom stereocenters. The zero-order valence-electron chi connectivity index (χ0n) is 15.7. The van der Waals surface area contributed by atoms with E-state index in [4.69, 9.17) is 11.1 Å². The Labute approximate surface area is 163 Å². The van der Waals surface area contributed by atoms with E-state index in [0.29, 0.717) is 23.2 Å². The van der Waals surface area contributed by atoms with Crippen molar-refractivity contribution >= 4 is 39.9 Å². The first-order valence-corrected chi connectivity index (χ1v) is 9.43. The smallest absolute Gasteiger partial charge is 0.223 e. The van der Waals surface area contributed by atoms with Crippen LogP contribution in [-0.2, 0) is 24.1 Å². The maximum atomic E-state index is 11.0. The third kappa shape index (κ3) is 7.49. The van der Waals surface area contributed by atoms with Crippen LogP contribution >= 0.6 is 11.3 Å². The second-order valence-electron chi connectivity index (χ2n) is 6.19. The molecule has 0 radical (unpaired) electrons. The summed E-state index contributed by atoms with van der Waals surface area (Å²) < 4.78 is 0. The summed E-state index contributed by atoms with van der Waals surface area (Å²) >= 11 is 1.44. The number of nitrogens with one attached hydrogen (secondary N) is 2. The third-order valence-electron chi connectivity index (χ3n) is 3.49. The Bertz CT molecular complexity index is 863. The van der Waals surface area contributed by atoms with Crippen LogP contribution in [0.5, 0.6) is 0 Å². The molecule has 1 heterocycles. The highest BCUT2D eigenvalue weighted by Crippen LogP contribution is 2.17. The molecule has 2 aromatic rings. The molecule has 27 heavy (non-hydrogen) atoms. The topological polar surface area (TPSA) is 117 Å². The van der Waals surface area contributed by atoms with Crippen molar-refractivity contribution < 1.29 is 4.79 Å². The summed E-state index contributed by atoms with van der Waals surface area (Å²) in [5.41, 5.74) is 8.87. The minimum absolute atomic E-state index is 0.109. The Hall–Kier alpha value is -2.87. The van der Waals surface area contributed by atoms with E-state index in [0.717, 1.165) is 24.1 Å². The van der Waals surface area contributed by atoms with Gasteiger partial charge in [-0.2, -0.15) is 0 Å². The van der Waals surface area contributed by atoms with Gasteiger partial charge in [-0.3, -0.25) is 10.2 Å². The number of carbonyl (C=O) groups is 1. The molecule has 0 aliphatic heterocycles. The number of hydrogen-bond acceptors (Lipinski definition) is 4. The van der Waals surface area contributed by atoms with E-state index >= 15 is 0 Å². The van der Waals surface area contributed by atoms with Crippen LogP contribution in [0.15, 0.2) is 39.6 Å². The fraction of sp³-hybridized carbons (Fsp3) is 0.316. The van der Waals surface area contributed by atoms with Gasteiger partial charge >= 0.3 is 0 Å². The number of amides is 1. The molecule has 0 aliphatic carbocycles. The molecule has 0 bridgehead atoms. The van der Waals surface area contributed by atoms with Gasteiger partial charge in [0, 0.05) is 18.7 Å². The molecule has 2 rings (SSSR count). The normalized spacial score (nSPS) is 12.1. The molecular formula is C19H24N6OS. The predicted octanol–water partition coefficient (Wildman–Crippen LogP) is 3.20. The van der Waals surface area contributed by atoms with Crippen molar-refractivity contribution in [3.63, 3.8) is 0 Å². The van der Waals surface area contributed by atoms with Gasteiger partial charge in [0.2, 0.25) is 5.91 Å². The summed E-state index contributed by atoms with van der Waals surface area (Å²) in [6.45, 7) is 4.79. The van der Waals surface area contributed by atoms with Crippen LogP contribution in [0.1, 0.15) is 37.6 Å². The SMILES string of the molecule is CC(=N)N=C(Cc1ccc(CCc2csc(NC(C)=O)n2)cc1)N=C(C)N. The number of anilines is 1. The van der Waals surface area contributed by atoms with Crippen molar-refractivity contribution in [2.75, 3.05) is 5.32 Å². The minimum atomic E-state index is -0.109. The van der Waals surface area contributed by atoms with Gasteiger partial charge in [-0.25, -0.2) is 15.0 Å². The lowest BCUT2D eigenvalue weighted by Crippen LogP contribution is -2.12. The van der Waals surface area contributed by atoms with E-state index in [-0.39, 0.29) is 11.7 Å². The molecule has 4 N–H and O–H groups in total. The summed E-state index contributed by atoms with van der Waals surface area (Å²) in [7, 11) is 0. The van der Waals surface area contributed by atoms with E-state index in [9.17, 15) is 4.79 Å². The monoisotopic (exact) mass is 384 g/mol. The van der Waals surface area contributed by atoms with Crippen LogP contribution in [-0.4, -0.2) is 28.4 Å². The van der Waals surface area contributed by atoms with E-state index in [1.54, 1.807) is 13.8 Å².